The van der Waals surface area contributed by atoms with Gasteiger partial charge in [-0.3, -0.25) is 14.9 Å². The highest BCUT2D eigenvalue weighted by molar-refractivity contribution is 7.89. The molecular formula is C21H21N5O5S. The fourth-order valence-electron chi connectivity index (χ4n) is 3.33. The zero-order valence-electron chi connectivity index (χ0n) is 17.3. The van der Waals surface area contributed by atoms with Crippen molar-refractivity contribution < 1.29 is 18.1 Å². The van der Waals surface area contributed by atoms with Gasteiger partial charge in [0, 0.05) is 34.3 Å². The number of nitro groups is 1. The summed E-state index contributed by atoms with van der Waals surface area (Å²) >= 11 is 0. The molecule has 1 amide bonds. The van der Waals surface area contributed by atoms with Gasteiger partial charge in [0.15, 0.2) is 0 Å². The van der Waals surface area contributed by atoms with E-state index in [1.807, 2.05) is 24.5 Å². The van der Waals surface area contributed by atoms with Crippen LogP contribution in [-0.2, 0) is 21.2 Å². The molecule has 32 heavy (non-hydrogen) atoms. The molecule has 1 aromatic heterocycles. The van der Waals surface area contributed by atoms with Gasteiger partial charge in [-0.15, -0.1) is 0 Å². The van der Waals surface area contributed by atoms with Crippen LogP contribution in [0.5, 0.6) is 0 Å². The third-order valence-corrected chi connectivity index (χ3v) is 5.76. The summed E-state index contributed by atoms with van der Waals surface area (Å²) in [5.74, 6) is -0.483. The molecular weight excluding hydrogens is 434 g/mol. The zero-order chi connectivity index (χ0) is 23.5. The number of carbonyl (C=O) groups is 1. The van der Waals surface area contributed by atoms with Crippen molar-refractivity contribution in [3.63, 3.8) is 0 Å². The summed E-state index contributed by atoms with van der Waals surface area (Å²) in [5, 5.41) is 20.2. The number of primary sulfonamides is 1. The maximum Gasteiger partial charge on any atom is 0.273 e. The van der Waals surface area contributed by atoms with Gasteiger partial charge in [0.1, 0.15) is 0 Å². The van der Waals surface area contributed by atoms with Crippen molar-refractivity contribution in [3.05, 3.63) is 87.2 Å². The number of nitro benzene ring substituents is 1. The van der Waals surface area contributed by atoms with Crippen LogP contribution >= 0.6 is 0 Å². The largest absolute Gasteiger partial charge is 0.318 e. The van der Waals surface area contributed by atoms with Gasteiger partial charge < -0.3 is 4.57 Å². The lowest BCUT2D eigenvalue weighted by Crippen LogP contribution is -2.20. The van der Waals surface area contributed by atoms with E-state index in [4.69, 9.17) is 5.14 Å². The lowest BCUT2D eigenvalue weighted by Gasteiger charge is -2.10. The van der Waals surface area contributed by atoms with Gasteiger partial charge in [0.25, 0.3) is 5.69 Å². The molecule has 0 unspecified atom stereocenters. The molecule has 0 bridgehead atoms. The second kappa shape index (κ2) is 9.12. The maximum atomic E-state index is 12.2. The number of hydrogen-bond acceptors (Lipinski definition) is 6. The molecule has 0 radical (unpaired) electrons. The summed E-state index contributed by atoms with van der Waals surface area (Å²) in [6, 6.07) is 14.1. The minimum absolute atomic E-state index is 0.0202. The number of hydrazone groups is 1. The molecule has 2 aromatic carbocycles. The summed E-state index contributed by atoms with van der Waals surface area (Å²) in [4.78, 5) is 22.7. The normalized spacial score (nSPS) is 11.6. The molecule has 0 spiro atoms. The minimum atomic E-state index is -3.78. The first-order chi connectivity index (χ1) is 15.1. The van der Waals surface area contributed by atoms with E-state index in [9.17, 15) is 23.3 Å². The molecule has 0 fully saturated rings. The molecule has 166 valence electrons. The topological polar surface area (TPSA) is 150 Å². The van der Waals surface area contributed by atoms with Crippen LogP contribution in [0.2, 0.25) is 0 Å². The molecule has 11 heteroatoms. The molecule has 0 aliphatic carbocycles. The summed E-state index contributed by atoms with van der Waals surface area (Å²) in [5.41, 5.74) is 5.74. The SMILES string of the molecule is Cc1cc(/C=N/NC(=O)Cc2ccccc2[N+](=O)[O-])c(C)n1-c1ccc(S(N)(=O)=O)cc1. The van der Waals surface area contributed by atoms with Crippen LogP contribution in [0.1, 0.15) is 22.5 Å². The predicted octanol–water partition coefficient (Wildman–Crippen LogP) is 2.34. The van der Waals surface area contributed by atoms with E-state index in [1.54, 1.807) is 18.2 Å². The van der Waals surface area contributed by atoms with E-state index in [0.717, 1.165) is 22.6 Å². The van der Waals surface area contributed by atoms with Crippen molar-refractivity contribution in [1.82, 2.24) is 9.99 Å². The summed E-state index contributed by atoms with van der Waals surface area (Å²) < 4.78 is 24.8. The summed E-state index contributed by atoms with van der Waals surface area (Å²) in [7, 11) is -3.78. The van der Waals surface area contributed by atoms with Crippen LogP contribution in [-0.4, -0.2) is 30.0 Å². The molecule has 0 aliphatic rings. The third-order valence-electron chi connectivity index (χ3n) is 4.83. The number of benzene rings is 2. The first-order valence-corrected chi connectivity index (χ1v) is 11.0. The Kier molecular flexibility index (Phi) is 6.51. The van der Waals surface area contributed by atoms with Crippen molar-refractivity contribution in [2.75, 3.05) is 0 Å². The maximum absolute atomic E-state index is 12.2. The third kappa shape index (κ3) is 5.07. The number of aryl methyl sites for hydroxylation is 1. The van der Waals surface area contributed by atoms with Crippen LogP contribution in [0, 0.1) is 24.0 Å². The van der Waals surface area contributed by atoms with Crippen molar-refractivity contribution >= 4 is 27.8 Å². The molecule has 10 nitrogen and oxygen atoms in total. The van der Waals surface area contributed by atoms with Crippen molar-refractivity contribution in [2.24, 2.45) is 10.2 Å². The fourth-order valence-corrected chi connectivity index (χ4v) is 3.84. The van der Waals surface area contributed by atoms with Crippen LogP contribution in [0.3, 0.4) is 0 Å². The Morgan fingerprint density at radius 2 is 1.84 bits per heavy atom. The van der Waals surface area contributed by atoms with Gasteiger partial charge in [-0.05, 0) is 44.2 Å². The van der Waals surface area contributed by atoms with Gasteiger partial charge in [0.2, 0.25) is 15.9 Å². The zero-order valence-corrected chi connectivity index (χ0v) is 18.2. The smallest absolute Gasteiger partial charge is 0.273 e. The predicted molar refractivity (Wildman–Crippen MR) is 119 cm³/mol. The first kappa shape index (κ1) is 22.8. The van der Waals surface area contributed by atoms with Crippen molar-refractivity contribution in [2.45, 2.75) is 25.2 Å². The second-order valence-corrected chi connectivity index (χ2v) is 8.62. The Bertz CT molecular complexity index is 1310. The monoisotopic (exact) mass is 455 g/mol. The highest BCUT2D eigenvalue weighted by atomic mass is 32.2. The Morgan fingerprint density at radius 1 is 1.19 bits per heavy atom. The van der Waals surface area contributed by atoms with Gasteiger partial charge in [-0.2, -0.15) is 5.10 Å². The Labute approximate surface area is 184 Å². The number of aromatic nitrogens is 1. The number of para-hydroxylation sites is 1. The number of nitrogens with zero attached hydrogens (tertiary/aromatic N) is 3. The van der Waals surface area contributed by atoms with Crippen molar-refractivity contribution in [1.29, 1.82) is 0 Å². The van der Waals surface area contributed by atoms with Gasteiger partial charge in [-0.1, -0.05) is 18.2 Å². The fraction of sp³-hybridized carbons (Fsp3) is 0.143. The van der Waals surface area contributed by atoms with Gasteiger partial charge in [-0.25, -0.2) is 19.0 Å². The highest BCUT2D eigenvalue weighted by Gasteiger charge is 2.15. The standard InChI is InChI=1S/C21H21N5O5S/c1-14-11-17(15(2)25(14)18-7-9-19(10-8-18)32(22,30)31)13-23-24-21(27)12-16-5-3-4-6-20(16)26(28)29/h3-11,13H,12H2,1-2H3,(H,24,27)(H2,22,30,31)/b23-13+. The molecule has 3 rings (SSSR count). The van der Waals surface area contributed by atoms with Crippen LogP contribution in [0.15, 0.2) is 64.6 Å². The number of nitrogens with two attached hydrogens (primary N) is 1. The van der Waals surface area contributed by atoms with Crippen LogP contribution in [0.4, 0.5) is 5.69 Å². The average molecular weight is 455 g/mol. The number of amides is 1. The van der Waals surface area contributed by atoms with E-state index in [-0.39, 0.29) is 17.0 Å². The number of sulfonamides is 1. The summed E-state index contributed by atoms with van der Waals surface area (Å²) in [6.07, 6.45) is 1.30. The van der Waals surface area contributed by atoms with Crippen LogP contribution < -0.4 is 10.6 Å². The number of nitrogens with one attached hydrogen (secondary N) is 1. The lowest BCUT2D eigenvalue weighted by atomic mass is 10.1. The van der Waals surface area contributed by atoms with E-state index in [0.29, 0.717) is 5.56 Å². The first-order valence-electron chi connectivity index (χ1n) is 9.44. The quantitative estimate of drug-likeness (QED) is 0.318. The number of rotatable bonds is 7. The minimum Gasteiger partial charge on any atom is -0.318 e. The second-order valence-electron chi connectivity index (χ2n) is 7.06. The number of carbonyl (C=O) groups excluding carboxylic acids is 1. The molecule has 0 saturated heterocycles. The van der Waals surface area contributed by atoms with E-state index >= 15 is 0 Å². The van der Waals surface area contributed by atoms with E-state index in [1.165, 1.54) is 36.5 Å². The van der Waals surface area contributed by atoms with Crippen molar-refractivity contribution in [3.8, 4) is 5.69 Å². The van der Waals surface area contributed by atoms with Gasteiger partial charge >= 0.3 is 0 Å². The Morgan fingerprint density at radius 3 is 2.47 bits per heavy atom. The molecule has 0 saturated carbocycles. The Hall–Kier alpha value is -3.83. The van der Waals surface area contributed by atoms with E-state index in [2.05, 4.69) is 10.5 Å². The molecule has 1 heterocycles. The molecule has 0 aliphatic heterocycles. The number of hydrogen-bond donors (Lipinski definition) is 2. The molecule has 3 aromatic rings. The average Bonchev–Trinajstić information content (AvgIpc) is 3.01. The molecule has 0 atom stereocenters. The van der Waals surface area contributed by atoms with E-state index < -0.39 is 20.9 Å². The lowest BCUT2D eigenvalue weighted by molar-refractivity contribution is -0.385. The highest BCUT2D eigenvalue weighted by Crippen LogP contribution is 2.21. The van der Waals surface area contributed by atoms with Crippen LogP contribution in [0.25, 0.3) is 5.69 Å². The Balaban J connectivity index is 1.74. The molecule has 3 N–H and O–H groups in total. The summed E-state index contributed by atoms with van der Waals surface area (Å²) in [6.45, 7) is 3.74. The van der Waals surface area contributed by atoms with Gasteiger partial charge in [0.05, 0.1) is 22.5 Å².